The molecular formula is C26H26N4O3. The predicted molar refractivity (Wildman–Crippen MR) is 128 cm³/mol. The minimum Gasteiger partial charge on any atom is -0.481 e. The minimum atomic E-state index is -0.830. The molecule has 0 spiro atoms. The number of hydrogen-bond acceptors (Lipinski definition) is 3. The van der Waals surface area contributed by atoms with Crippen LogP contribution in [0, 0.1) is 6.92 Å². The zero-order valence-corrected chi connectivity index (χ0v) is 18.7. The lowest BCUT2D eigenvalue weighted by molar-refractivity contribution is -0.137. The summed E-state index contributed by atoms with van der Waals surface area (Å²) in [7, 11) is 0. The van der Waals surface area contributed by atoms with Gasteiger partial charge in [-0.15, -0.1) is 0 Å². The first kappa shape index (κ1) is 22.1. The third kappa shape index (κ3) is 4.87. The Kier molecular flexibility index (Phi) is 6.40. The molecule has 7 heteroatoms. The fourth-order valence-electron chi connectivity index (χ4n) is 3.87. The topological polar surface area (TPSA) is 89.1 Å². The Labute approximate surface area is 192 Å². The Morgan fingerprint density at radius 3 is 2.48 bits per heavy atom. The van der Waals surface area contributed by atoms with Crippen molar-refractivity contribution in [2.75, 3.05) is 5.32 Å². The van der Waals surface area contributed by atoms with Crippen molar-refractivity contribution >= 4 is 17.6 Å². The lowest BCUT2D eigenvalue weighted by Gasteiger charge is -2.17. The minimum absolute atomic E-state index is 0.0380. The van der Waals surface area contributed by atoms with Crippen LogP contribution >= 0.6 is 0 Å². The van der Waals surface area contributed by atoms with Gasteiger partial charge in [-0.3, -0.25) is 9.59 Å². The van der Waals surface area contributed by atoms with Crippen LogP contribution in [0.15, 0.2) is 73.3 Å². The van der Waals surface area contributed by atoms with Crippen molar-refractivity contribution in [3.63, 3.8) is 0 Å². The first-order valence-electron chi connectivity index (χ1n) is 10.9. The van der Waals surface area contributed by atoms with Gasteiger partial charge in [-0.25, -0.2) is 4.98 Å². The number of carbonyl (C=O) groups is 2. The lowest BCUT2D eigenvalue weighted by Crippen LogP contribution is -2.10. The highest BCUT2D eigenvalue weighted by Gasteiger charge is 2.15. The van der Waals surface area contributed by atoms with Gasteiger partial charge in [0.25, 0.3) is 0 Å². The van der Waals surface area contributed by atoms with Gasteiger partial charge < -0.3 is 19.6 Å². The van der Waals surface area contributed by atoms with E-state index < -0.39 is 5.97 Å². The molecule has 2 aromatic carbocycles. The molecule has 7 nitrogen and oxygen atoms in total. The van der Waals surface area contributed by atoms with Crippen molar-refractivity contribution in [2.45, 2.75) is 33.1 Å². The fraction of sp³-hybridized carbons (Fsp3) is 0.192. The van der Waals surface area contributed by atoms with E-state index in [1.807, 2.05) is 79.2 Å². The van der Waals surface area contributed by atoms with Gasteiger partial charge in [-0.1, -0.05) is 19.1 Å². The monoisotopic (exact) mass is 442 g/mol. The van der Waals surface area contributed by atoms with Gasteiger partial charge in [-0.2, -0.15) is 0 Å². The molecule has 0 bridgehead atoms. The smallest absolute Gasteiger partial charge is 0.303 e. The highest BCUT2D eigenvalue weighted by molar-refractivity contribution is 5.90. The number of imidazole rings is 1. The molecule has 1 amide bonds. The van der Waals surface area contributed by atoms with Crippen LogP contribution in [0.3, 0.4) is 0 Å². The maximum Gasteiger partial charge on any atom is 0.303 e. The summed E-state index contributed by atoms with van der Waals surface area (Å²) in [4.78, 5) is 27.1. The van der Waals surface area contributed by atoms with Crippen LogP contribution in [0.4, 0.5) is 5.69 Å². The van der Waals surface area contributed by atoms with Gasteiger partial charge in [0.2, 0.25) is 5.91 Å². The van der Waals surface area contributed by atoms with Crippen LogP contribution in [0.25, 0.3) is 22.6 Å². The second-order valence-electron chi connectivity index (χ2n) is 7.86. The van der Waals surface area contributed by atoms with Gasteiger partial charge in [0, 0.05) is 41.6 Å². The summed E-state index contributed by atoms with van der Waals surface area (Å²) in [6.07, 6.45) is 6.26. The van der Waals surface area contributed by atoms with Crippen LogP contribution in [-0.2, 0) is 16.0 Å². The van der Waals surface area contributed by atoms with E-state index in [0.29, 0.717) is 12.8 Å². The summed E-state index contributed by atoms with van der Waals surface area (Å²) in [6, 6.07) is 17.9. The first-order valence-corrected chi connectivity index (χ1v) is 10.9. The SMILES string of the molecule is CCC(=O)Nc1ccc(-n2c(CCC(=O)O)ccc2-c2ccc(-n3ccnc3)cc2)c(C)c1. The molecule has 2 aromatic heterocycles. The highest BCUT2D eigenvalue weighted by Crippen LogP contribution is 2.31. The molecule has 2 heterocycles. The van der Waals surface area contributed by atoms with Crippen LogP contribution in [-0.4, -0.2) is 31.1 Å². The summed E-state index contributed by atoms with van der Waals surface area (Å²) in [6.45, 7) is 3.80. The molecule has 0 saturated heterocycles. The number of nitrogens with one attached hydrogen (secondary N) is 1. The molecule has 0 radical (unpaired) electrons. The molecule has 33 heavy (non-hydrogen) atoms. The van der Waals surface area contributed by atoms with Crippen LogP contribution in [0.1, 0.15) is 31.0 Å². The van der Waals surface area contributed by atoms with Crippen molar-refractivity contribution in [3.05, 3.63) is 84.6 Å². The summed E-state index contributed by atoms with van der Waals surface area (Å²) < 4.78 is 4.05. The average Bonchev–Trinajstić information content (AvgIpc) is 3.48. The molecule has 168 valence electrons. The fourth-order valence-corrected chi connectivity index (χ4v) is 3.87. The van der Waals surface area contributed by atoms with E-state index in [4.69, 9.17) is 0 Å². The zero-order valence-electron chi connectivity index (χ0n) is 18.7. The molecule has 4 aromatic rings. The Hall–Kier alpha value is -4.13. The maximum atomic E-state index is 11.8. The van der Waals surface area contributed by atoms with E-state index in [2.05, 4.69) is 14.9 Å². The lowest BCUT2D eigenvalue weighted by atomic mass is 10.1. The third-order valence-electron chi connectivity index (χ3n) is 5.56. The largest absolute Gasteiger partial charge is 0.481 e. The molecule has 4 rings (SSSR count). The van der Waals surface area contributed by atoms with Crippen molar-refractivity contribution in [3.8, 4) is 22.6 Å². The van der Waals surface area contributed by atoms with Crippen LogP contribution < -0.4 is 5.32 Å². The zero-order chi connectivity index (χ0) is 23.4. The molecular weight excluding hydrogens is 416 g/mol. The van der Waals surface area contributed by atoms with Crippen molar-refractivity contribution in [1.82, 2.24) is 14.1 Å². The first-order chi connectivity index (χ1) is 16.0. The number of rotatable bonds is 8. The number of amides is 1. The van der Waals surface area contributed by atoms with Crippen molar-refractivity contribution in [2.24, 2.45) is 0 Å². The average molecular weight is 443 g/mol. The Bertz CT molecular complexity index is 1270. The molecule has 0 aliphatic carbocycles. The van der Waals surface area contributed by atoms with Gasteiger partial charge in [0.05, 0.1) is 18.4 Å². The van der Waals surface area contributed by atoms with Crippen LogP contribution in [0.5, 0.6) is 0 Å². The van der Waals surface area contributed by atoms with E-state index in [9.17, 15) is 14.7 Å². The van der Waals surface area contributed by atoms with Crippen molar-refractivity contribution in [1.29, 1.82) is 0 Å². The quantitative estimate of drug-likeness (QED) is 0.402. The van der Waals surface area contributed by atoms with Crippen LogP contribution in [0.2, 0.25) is 0 Å². The molecule has 0 unspecified atom stereocenters. The molecule has 0 aliphatic heterocycles. The van der Waals surface area contributed by atoms with Gasteiger partial charge in [0.15, 0.2) is 0 Å². The molecule has 0 aliphatic rings. The van der Waals surface area contributed by atoms with E-state index in [1.165, 1.54) is 0 Å². The maximum absolute atomic E-state index is 11.8. The number of hydrogen-bond donors (Lipinski definition) is 2. The predicted octanol–water partition coefficient (Wildman–Crippen LogP) is 5.00. The highest BCUT2D eigenvalue weighted by atomic mass is 16.4. The van der Waals surface area contributed by atoms with E-state index in [0.717, 1.165) is 39.6 Å². The van der Waals surface area contributed by atoms with E-state index in [1.54, 1.807) is 12.5 Å². The third-order valence-corrected chi connectivity index (χ3v) is 5.56. The summed E-state index contributed by atoms with van der Waals surface area (Å²) in [5.74, 6) is -0.868. The van der Waals surface area contributed by atoms with E-state index >= 15 is 0 Å². The number of benzene rings is 2. The van der Waals surface area contributed by atoms with E-state index in [-0.39, 0.29) is 12.3 Å². The number of aryl methyl sites for hydroxylation is 2. The summed E-state index contributed by atoms with van der Waals surface area (Å²) in [5.41, 5.74) is 6.58. The van der Waals surface area contributed by atoms with Gasteiger partial charge >= 0.3 is 5.97 Å². The molecule has 0 fully saturated rings. The normalized spacial score (nSPS) is 10.8. The Morgan fingerprint density at radius 1 is 1.06 bits per heavy atom. The standard InChI is InChI=1S/C26H26N4O3/c1-3-25(31)28-20-6-11-23(18(2)16-20)30-22(10-13-26(32)33)9-12-24(30)19-4-7-21(8-5-19)29-15-14-27-17-29/h4-9,11-12,14-17H,3,10,13H2,1-2H3,(H,28,31)(H,32,33). The number of carbonyl (C=O) groups excluding carboxylic acids is 1. The number of anilines is 1. The number of carboxylic acids is 1. The second kappa shape index (κ2) is 9.56. The number of aliphatic carboxylic acids is 1. The Morgan fingerprint density at radius 2 is 1.85 bits per heavy atom. The number of nitrogens with zero attached hydrogens (tertiary/aromatic N) is 3. The molecule has 2 N–H and O–H groups in total. The second-order valence-corrected chi connectivity index (χ2v) is 7.86. The van der Waals surface area contributed by atoms with Crippen molar-refractivity contribution < 1.29 is 14.7 Å². The van der Waals surface area contributed by atoms with Gasteiger partial charge in [0.1, 0.15) is 0 Å². The summed E-state index contributed by atoms with van der Waals surface area (Å²) in [5, 5.41) is 12.1. The number of aromatic nitrogens is 3. The summed E-state index contributed by atoms with van der Waals surface area (Å²) >= 11 is 0. The Balaban J connectivity index is 1.75. The van der Waals surface area contributed by atoms with Gasteiger partial charge in [-0.05, 0) is 66.9 Å². The molecule has 0 atom stereocenters. The number of carboxylic acid groups (broad SMARTS) is 1. The molecule has 0 saturated carbocycles.